The van der Waals surface area contributed by atoms with E-state index in [2.05, 4.69) is 0 Å². The highest BCUT2D eigenvalue weighted by Crippen LogP contribution is 2.24. The monoisotopic (exact) mass is 206 g/mol. The van der Waals surface area contributed by atoms with E-state index in [1.165, 1.54) is 0 Å². The lowest BCUT2D eigenvalue weighted by Gasteiger charge is -2.40. The Bertz CT molecular complexity index is 189. The third kappa shape index (κ3) is 2.88. The van der Waals surface area contributed by atoms with Gasteiger partial charge >= 0.3 is 5.97 Å². The predicted molar refractivity (Wildman–Crippen MR) is 57.1 cm³/mol. The van der Waals surface area contributed by atoms with Crippen molar-refractivity contribution < 1.29 is 14.4 Å². The van der Waals surface area contributed by atoms with E-state index in [1.54, 1.807) is 11.8 Å². The number of nitrogens with zero attached hydrogens (tertiary/aromatic N) is 1. The van der Waals surface area contributed by atoms with Crippen molar-refractivity contribution in [1.29, 1.82) is 0 Å². The zero-order chi connectivity index (χ0) is 10.7. The maximum Gasteiger partial charge on any atom is 0.365 e. The smallest absolute Gasteiger partial charge is 0.365 e. The Hall–Kier alpha value is -0.220. The van der Waals surface area contributed by atoms with Gasteiger partial charge in [-0.25, -0.2) is 4.79 Å². The van der Waals surface area contributed by atoms with Crippen LogP contribution in [0.3, 0.4) is 0 Å². The number of thioether (sulfide) groups is 1. The van der Waals surface area contributed by atoms with E-state index in [4.69, 9.17) is 5.11 Å². The third-order valence-corrected chi connectivity index (χ3v) is 3.35. The largest absolute Gasteiger partial charge is 0.477 e. The van der Waals surface area contributed by atoms with Crippen LogP contribution in [0.15, 0.2) is 0 Å². The number of likely N-dealkylation sites (N-methyl/N-ethyl adjacent to an activating group) is 1. The molecule has 0 heterocycles. The van der Waals surface area contributed by atoms with Gasteiger partial charge in [-0.2, -0.15) is 11.8 Å². The molecule has 0 aromatic carbocycles. The molecular weight excluding hydrogens is 186 g/mol. The van der Waals surface area contributed by atoms with Gasteiger partial charge in [0.2, 0.25) is 0 Å². The summed E-state index contributed by atoms with van der Waals surface area (Å²) in [6.45, 7) is 1.81. The van der Waals surface area contributed by atoms with Crippen LogP contribution in [-0.4, -0.2) is 54.2 Å². The fourth-order valence-corrected chi connectivity index (χ4v) is 1.63. The molecule has 1 atom stereocenters. The first kappa shape index (κ1) is 12.8. The number of aliphatic carboxylic acids is 1. The topological polar surface area (TPSA) is 37.3 Å². The van der Waals surface area contributed by atoms with Crippen LogP contribution in [0.2, 0.25) is 0 Å². The van der Waals surface area contributed by atoms with Crippen molar-refractivity contribution >= 4 is 17.7 Å². The van der Waals surface area contributed by atoms with Crippen LogP contribution in [0.5, 0.6) is 0 Å². The molecule has 1 N–H and O–H groups in total. The number of quaternary nitrogens is 1. The van der Waals surface area contributed by atoms with Crippen LogP contribution in [0.25, 0.3) is 0 Å². The highest BCUT2D eigenvalue weighted by Gasteiger charge is 2.45. The standard InChI is InChI=1S/C9H19NO2S/c1-9(8(11)12,6-7-13-5)10(2,3)4/h6-7H2,1-5H3/p+1. The van der Waals surface area contributed by atoms with Crippen molar-refractivity contribution in [2.24, 2.45) is 0 Å². The molecule has 0 radical (unpaired) electrons. The lowest BCUT2D eigenvalue weighted by atomic mass is 9.95. The van der Waals surface area contributed by atoms with E-state index in [-0.39, 0.29) is 0 Å². The van der Waals surface area contributed by atoms with Gasteiger partial charge in [-0.05, 0) is 12.0 Å². The van der Waals surface area contributed by atoms with E-state index in [1.807, 2.05) is 34.3 Å². The molecule has 0 saturated carbocycles. The Balaban J connectivity index is 4.64. The number of carboxylic acid groups (broad SMARTS) is 1. The zero-order valence-electron chi connectivity index (χ0n) is 9.13. The average Bonchev–Trinajstić information content (AvgIpc) is 1.97. The molecule has 0 amide bonds. The Labute approximate surface area is 84.7 Å². The van der Waals surface area contributed by atoms with Crippen molar-refractivity contribution in [1.82, 2.24) is 0 Å². The second-order valence-corrected chi connectivity index (χ2v) is 5.32. The summed E-state index contributed by atoms with van der Waals surface area (Å²) in [4.78, 5) is 11.1. The van der Waals surface area contributed by atoms with Crippen LogP contribution in [0.4, 0.5) is 0 Å². The number of hydrogen-bond donors (Lipinski definition) is 1. The molecule has 0 fully saturated rings. The van der Waals surface area contributed by atoms with E-state index < -0.39 is 11.5 Å². The van der Waals surface area contributed by atoms with E-state index in [0.29, 0.717) is 10.9 Å². The van der Waals surface area contributed by atoms with Gasteiger partial charge in [-0.15, -0.1) is 0 Å². The summed E-state index contributed by atoms with van der Waals surface area (Å²) in [6.07, 6.45) is 2.70. The number of carboxylic acids is 1. The van der Waals surface area contributed by atoms with E-state index in [9.17, 15) is 4.79 Å². The Morgan fingerprint density at radius 3 is 2.15 bits per heavy atom. The molecule has 0 aliphatic rings. The molecule has 0 saturated heterocycles. The minimum atomic E-state index is -0.714. The van der Waals surface area contributed by atoms with Gasteiger partial charge in [0.1, 0.15) is 0 Å². The highest BCUT2D eigenvalue weighted by molar-refractivity contribution is 7.98. The Morgan fingerprint density at radius 2 is 1.92 bits per heavy atom. The van der Waals surface area contributed by atoms with Crippen LogP contribution < -0.4 is 0 Å². The number of carbonyl (C=O) groups is 1. The second kappa shape index (κ2) is 4.33. The molecule has 1 unspecified atom stereocenters. The SMILES string of the molecule is CSCCC(C)(C(=O)O)[N+](C)(C)C. The van der Waals surface area contributed by atoms with Crippen LogP contribution in [-0.2, 0) is 4.79 Å². The first-order chi connectivity index (χ1) is 5.75. The van der Waals surface area contributed by atoms with Crippen LogP contribution >= 0.6 is 11.8 Å². The predicted octanol–water partition coefficient (Wildman–Crippen LogP) is 1.29. The molecule has 0 bridgehead atoms. The summed E-state index contributed by atoms with van der Waals surface area (Å²) < 4.78 is 0.461. The molecule has 0 spiro atoms. The Morgan fingerprint density at radius 1 is 1.46 bits per heavy atom. The van der Waals surface area contributed by atoms with Gasteiger partial charge in [0.05, 0.1) is 21.1 Å². The van der Waals surface area contributed by atoms with E-state index >= 15 is 0 Å². The molecule has 0 aromatic rings. The molecule has 0 aromatic heterocycles. The summed E-state index contributed by atoms with van der Waals surface area (Å²) in [6, 6.07) is 0. The van der Waals surface area contributed by atoms with Gasteiger partial charge < -0.3 is 9.59 Å². The van der Waals surface area contributed by atoms with Crippen molar-refractivity contribution in [2.45, 2.75) is 18.9 Å². The molecule has 13 heavy (non-hydrogen) atoms. The molecule has 0 aliphatic heterocycles. The molecular formula is C9H20NO2S+. The number of rotatable bonds is 5. The molecule has 4 heteroatoms. The van der Waals surface area contributed by atoms with Gasteiger partial charge in [0.25, 0.3) is 0 Å². The quantitative estimate of drug-likeness (QED) is 0.689. The maximum atomic E-state index is 11.1. The molecule has 0 aliphatic carbocycles. The minimum absolute atomic E-state index is 0.461. The summed E-state index contributed by atoms with van der Waals surface area (Å²) in [5.41, 5.74) is -0.678. The minimum Gasteiger partial charge on any atom is -0.477 e. The first-order valence-electron chi connectivity index (χ1n) is 4.29. The van der Waals surface area contributed by atoms with Crippen molar-refractivity contribution in [3.8, 4) is 0 Å². The normalized spacial score (nSPS) is 16.7. The van der Waals surface area contributed by atoms with Crippen LogP contribution in [0.1, 0.15) is 13.3 Å². The summed E-state index contributed by atoms with van der Waals surface area (Å²) in [5, 5.41) is 9.17. The third-order valence-electron chi connectivity index (χ3n) is 2.73. The van der Waals surface area contributed by atoms with Crippen molar-refractivity contribution in [3.63, 3.8) is 0 Å². The van der Waals surface area contributed by atoms with E-state index in [0.717, 1.165) is 5.75 Å². The average molecular weight is 206 g/mol. The van der Waals surface area contributed by atoms with Gasteiger partial charge in [-0.3, -0.25) is 0 Å². The van der Waals surface area contributed by atoms with Gasteiger partial charge in [0.15, 0.2) is 5.54 Å². The lowest BCUT2D eigenvalue weighted by Crippen LogP contribution is -2.60. The fourth-order valence-electron chi connectivity index (χ4n) is 1.03. The Kier molecular flexibility index (Phi) is 4.26. The molecule has 3 nitrogen and oxygen atoms in total. The van der Waals surface area contributed by atoms with Gasteiger partial charge in [-0.1, -0.05) is 0 Å². The summed E-state index contributed by atoms with van der Waals surface area (Å²) in [7, 11) is 5.78. The first-order valence-corrected chi connectivity index (χ1v) is 5.69. The van der Waals surface area contributed by atoms with Crippen molar-refractivity contribution in [2.75, 3.05) is 33.2 Å². The zero-order valence-corrected chi connectivity index (χ0v) is 9.94. The maximum absolute atomic E-state index is 11.1. The lowest BCUT2D eigenvalue weighted by molar-refractivity contribution is -0.911. The van der Waals surface area contributed by atoms with Crippen molar-refractivity contribution in [3.05, 3.63) is 0 Å². The summed E-state index contributed by atoms with van der Waals surface area (Å²) >= 11 is 1.69. The molecule has 0 rings (SSSR count). The second-order valence-electron chi connectivity index (χ2n) is 4.33. The fraction of sp³-hybridized carbons (Fsp3) is 0.889. The summed E-state index contributed by atoms with van der Waals surface area (Å²) in [5.74, 6) is 0.173. The highest BCUT2D eigenvalue weighted by atomic mass is 32.2. The van der Waals surface area contributed by atoms with Crippen LogP contribution in [0, 0.1) is 0 Å². The van der Waals surface area contributed by atoms with Gasteiger partial charge in [0, 0.05) is 13.3 Å². The molecule has 78 valence electrons. The number of hydrogen-bond acceptors (Lipinski definition) is 2.